The second-order valence-electron chi connectivity index (χ2n) is 2.67. The zero-order valence-electron chi connectivity index (χ0n) is 8.64. The van der Waals surface area contributed by atoms with Crippen LogP contribution in [0.1, 0.15) is 0 Å². The van der Waals surface area contributed by atoms with Crippen LogP contribution in [0.5, 0.6) is 0 Å². The van der Waals surface area contributed by atoms with E-state index in [2.05, 4.69) is 23.1 Å². The van der Waals surface area contributed by atoms with Crippen LogP contribution in [0.4, 0.5) is 5.69 Å². The molecule has 0 bridgehead atoms. The van der Waals surface area contributed by atoms with Gasteiger partial charge in [-0.1, -0.05) is 6.58 Å². The zero-order valence-corrected chi connectivity index (χ0v) is 12.3. The van der Waals surface area contributed by atoms with Crippen molar-refractivity contribution in [2.45, 2.75) is 4.90 Å². The molecule has 1 aromatic rings. The Labute approximate surface area is 121 Å². The quantitative estimate of drug-likeness (QED) is 0.509. The molecule has 1 rings (SSSR count). The summed E-state index contributed by atoms with van der Waals surface area (Å²) < 4.78 is 21.9. The van der Waals surface area contributed by atoms with Crippen LogP contribution in [0.25, 0.3) is 0 Å². The predicted octanol–water partition coefficient (Wildman–Crippen LogP) is -1.95. The molecule has 1 unspecified atom stereocenters. The first-order valence-corrected chi connectivity index (χ1v) is 6.33. The molecule has 1 atom stereocenters. The zero-order chi connectivity index (χ0) is 11.5. The van der Waals surface area contributed by atoms with Gasteiger partial charge in [-0.2, -0.15) is 0 Å². The van der Waals surface area contributed by atoms with Gasteiger partial charge in [0.1, 0.15) is 0 Å². The van der Waals surface area contributed by atoms with Crippen LogP contribution in [0, 0.1) is 0 Å². The third-order valence-corrected chi connectivity index (χ3v) is 3.02. The maximum absolute atomic E-state index is 10.9. The van der Waals surface area contributed by atoms with Gasteiger partial charge in [0.15, 0.2) is 0 Å². The Morgan fingerprint density at radius 1 is 1.44 bits per heavy atom. The first-order chi connectivity index (χ1) is 6.93. The van der Waals surface area contributed by atoms with Crippen molar-refractivity contribution < 1.29 is 43.1 Å². The van der Waals surface area contributed by atoms with Crippen molar-refractivity contribution in [2.24, 2.45) is 0 Å². The second kappa shape index (κ2) is 6.48. The normalized spacial score (nSPS) is 13.1. The van der Waals surface area contributed by atoms with Crippen LogP contribution in [-0.4, -0.2) is 14.7 Å². The molecule has 4 nitrogen and oxygen atoms in total. The van der Waals surface area contributed by atoms with E-state index in [0.29, 0.717) is 5.69 Å². The van der Waals surface area contributed by atoms with Gasteiger partial charge in [0, 0.05) is 10.6 Å². The van der Waals surface area contributed by atoms with E-state index in [0.717, 1.165) is 6.08 Å². The molecule has 16 heavy (non-hydrogen) atoms. The third kappa shape index (κ3) is 4.73. The Kier molecular flexibility index (Phi) is 6.39. The predicted molar refractivity (Wildman–Crippen MR) is 59.8 cm³/mol. The Hall–Kier alpha value is -0.240. The van der Waals surface area contributed by atoms with E-state index < -0.39 is 8.77 Å². The minimum atomic E-state index is -3.60. The van der Waals surface area contributed by atoms with Crippen LogP contribution < -0.4 is 34.9 Å². The molecule has 0 heterocycles. The molecular formula is C9H8NNaO3S2. The molecule has 0 saturated heterocycles. The summed E-state index contributed by atoms with van der Waals surface area (Å²) in [4.78, 5) is 10.9. The molecule has 0 fully saturated rings. The molecule has 80 valence electrons. The first kappa shape index (κ1) is 15.8. The number of carbonyl (C=O) groups excluding carboxylic acids is 1. The van der Waals surface area contributed by atoms with Crippen LogP contribution in [0.3, 0.4) is 0 Å². The summed E-state index contributed by atoms with van der Waals surface area (Å²) in [5.74, 6) is -0.357. The van der Waals surface area contributed by atoms with Gasteiger partial charge < -0.3 is 9.87 Å². The molecule has 0 radical (unpaired) electrons. The van der Waals surface area contributed by atoms with E-state index in [1.165, 1.54) is 24.3 Å². The Balaban J connectivity index is 0.00000225. The molecule has 0 aliphatic heterocycles. The molecule has 0 aliphatic rings. The van der Waals surface area contributed by atoms with Gasteiger partial charge in [-0.3, -0.25) is 9.00 Å². The number of nitrogens with one attached hydrogen (secondary N) is 1. The number of hydrogen-bond acceptors (Lipinski definition) is 4. The van der Waals surface area contributed by atoms with Crippen LogP contribution in [0.15, 0.2) is 41.8 Å². The Bertz CT molecular complexity index is 482. The summed E-state index contributed by atoms with van der Waals surface area (Å²) in [6, 6.07) is 5.59. The van der Waals surface area contributed by atoms with E-state index in [4.69, 9.17) is 0 Å². The van der Waals surface area contributed by atoms with Gasteiger partial charge in [-0.25, -0.2) is 0 Å². The van der Waals surface area contributed by atoms with Crippen LogP contribution >= 0.6 is 0 Å². The molecule has 1 amide bonds. The van der Waals surface area contributed by atoms with Gasteiger partial charge in [-0.15, -0.1) is 0 Å². The molecule has 1 N–H and O–H groups in total. The summed E-state index contributed by atoms with van der Waals surface area (Å²) in [7, 11) is -3.60. The number of carbonyl (C=O) groups is 1. The molecule has 1 aromatic carbocycles. The fourth-order valence-corrected chi connectivity index (χ4v) is 1.70. The van der Waals surface area contributed by atoms with Gasteiger partial charge >= 0.3 is 29.6 Å². The number of rotatable bonds is 3. The van der Waals surface area contributed by atoms with Crippen molar-refractivity contribution in [3.63, 3.8) is 0 Å². The van der Waals surface area contributed by atoms with Gasteiger partial charge in [-0.05, 0) is 50.3 Å². The summed E-state index contributed by atoms with van der Waals surface area (Å²) in [5.41, 5.74) is 0.488. The van der Waals surface area contributed by atoms with Gasteiger partial charge in [0.05, 0.1) is 0 Å². The molecule has 0 aromatic heterocycles. The smallest absolute Gasteiger partial charge is 0.766 e. The maximum atomic E-state index is 10.9. The molecule has 7 heteroatoms. The average molecular weight is 265 g/mol. The monoisotopic (exact) mass is 265 g/mol. The van der Waals surface area contributed by atoms with Crippen molar-refractivity contribution in [2.75, 3.05) is 5.32 Å². The number of benzene rings is 1. The molecule has 0 saturated carbocycles. The minimum Gasteiger partial charge on any atom is -0.766 e. The van der Waals surface area contributed by atoms with E-state index in [9.17, 15) is 13.6 Å². The topological polar surface area (TPSA) is 69.2 Å². The second-order valence-corrected chi connectivity index (χ2v) is 5.37. The largest absolute Gasteiger partial charge is 1.00 e. The first-order valence-electron chi connectivity index (χ1n) is 3.93. The van der Waals surface area contributed by atoms with Crippen molar-refractivity contribution in [1.82, 2.24) is 0 Å². The van der Waals surface area contributed by atoms with Crippen molar-refractivity contribution in [3.8, 4) is 0 Å². The average Bonchev–Trinajstić information content (AvgIpc) is 2.17. The standard InChI is InChI=1S/C9H9NO3S2.Na/c1-2-9(11)10-7-3-5-8(6-4-7)15(12,13)14;/h2-6H,1H2,(H,10,11)(H,12,13,14);/q;+1/p-1. The SMILES string of the molecule is C=CC(=O)Nc1ccc(S(=O)([O-])=S)cc1.[Na+]. The summed E-state index contributed by atoms with van der Waals surface area (Å²) in [5, 5.41) is 2.48. The molecular weight excluding hydrogens is 257 g/mol. The van der Waals surface area contributed by atoms with Crippen LogP contribution in [0.2, 0.25) is 0 Å². The fourth-order valence-electron chi connectivity index (χ4n) is 0.898. The fraction of sp³-hybridized carbons (Fsp3) is 0. The third-order valence-electron chi connectivity index (χ3n) is 1.60. The van der Waals surface area contributed by atoms with Crippen LogP contribution in [-0.2, 0) is 24.8 Å². The summed E-state index contributed by atoms with van der Waals surface area (Å²) in [6.07, 6.45) is 1.12. The summed E-state index contributed by atoms with van der Waals surface area (Å²) in [6.45, 7) is 3.29. The number of amides is 1. The van der Waals surface area contributed by atoms with E-state index in [-0.39, 0.29) is 40.4 Å². The van der Waals surface area contributed by atoms with Crippen molar-refractivity contribution in [1.29, 1.82) is 0 Å². The maximum Gasteiger partial charge on any atom is 1.00 e. The molecule has 0 spiro atoms. The van der Waals surface area contributed by atoms with Gasteiger partial charge in [0.2, 0.25) is 5.91 Å². The van der Waals surface area contributed by atoms with Crippen molar-refractivity contribution in [3.05, 3.63) is 36.9 Å². The van der Waals surface area contributed by atoms with Gasteiger partial charge in [0.25, 0.3) is 0 Å². The van der Waals surface area contributed by atoms with Crippen molar-refractivity contribution >= 4 is 31.6 Å². The Morgan fingerprint density at radius 2 is 1.94 bits per heavy atom. The number of hydrogen-bond donors (Lipinski definition) is 1. The van der Waals surface area contributed by atoms with E-state index in [1.54, 1.807) is 0 Å². The van der Waals surface area contributed by atoms with E-state index >= 15 is 0 Å². The number of anilines is 1. The van der Waals surface area contributed by atoms with E-state index in [1.807, 2.05) is 0 Å². The molecule has 0 aliphatic carbocycles. The minimum absolute atomic E-state index is 0. The summed E-state index contributed by atoms with van der Waals surface area (Å²) >= 11 is 4.27. The Morgan fingerprint density at radius 3 is 2.31 bits per heavy atom.